The fraction of sp³-hybridized carbons (Fsp3) is 0.200. The molecule has 3 nitrogen and oxygen atoms in total. The number of halogens is 2. The zero-order valence-electron chi connectivity index (χ0n) is 11.6. The highest BCUT2D eigenvalue weighted by molar-refractivity contribution is 7.92. The molecule has 0 unspecified atom stereocenters. The van der Waals surface area contributed by atoms with Gasteiger partial charge in [-0.05, 0) is 35.7 Å². The maximum Gasteiger partial charge on any atom is 0.261 e. The number of anilines is 1. The van der Waals surface area contributed by atoms with E-state index in [1.165, 1.54) is 18.2 Å². The highest BCUT2D eigenvalue weighted by Crippen LogP contribution is 2.28. The topological polar surface area (TPSA) is 46.2 Å². The molecule has 0 saturated carbocycles. The Kier molecular flexibility index (Phi) is 4.81. The van der Waals surface area contributed by atoms with Crippen molar-refractivity contribution in [1.82, 2.24) is 0 Å². The minimum atomic E-state index is -3.70. The summed E-state index contributed by atoms with van der Waals surface area (Å²) in [5.74, 6) is 0.206. The van der Waals surface area contributed by atoms with Crippen LogP contribution in [0.1, 0.15) is 25.3 Å². The maximum atomic E-state index is 12.4. The van der Waals surface area contributed by atoms with Crippen LogP contribution in [-0.4, -0.2) is 8.42 Å². The summed E-state index contributed by atoms with van der Waals surface area (Å²) in [6.45, 7) is 4.01. The number of para-hydroxylation sites is 1. The van der Waals surface area contributed by atoms with Crippen LogP contribution in [-0.2, 0) is 10.0 Å². The lowest BCUT2D eigenvalue weighted by molar-refractivity contribution is 0.601. The van der Waals surface area contributed by atoms with Gasteiger partial charge in [-0.3, -0.25) is 4.72 Å². The lowest BCUT2D eigenvalue weighted by Crippen LogP contribution is -2.14. The van der Waals surface area contributed by atoms with Crippen LogP contribution in [0.4, 0.5) is 5.69 Å². The molecule has 6 heteroatoms. The Hall–Kier alpha value is -1.23. The number of hydrogen-bond donors (Lipinski definition) is 1. The van der Waals surface area contributed by atoms with Crippen molar-refractivity contribution in [3.63, 3.8) is 0 Å². The van der Waals surface area contributed by atoms with Gasteiger partial charge in [-0.15, -0.1) is 0 Å². The first kappa shape index (κ1) is 16.1. The molecule has 0 fully saturated rings. The van der Waals surface area contributed by atoms with Gasteiger partial charge in [0.1, 0.15) is 0 Å². The Balaban J connectivity index is 2.40. The van der Waals surface area contributed by atoms with Crippen molar-refractivity contribution in [2.24, 2.45) is 0 Å². The third-order valence-electron chi connectivity index (χ3n) is 3.03. The van der Waals surface area contributed by atoms with Gasteiger partial charge in [0, 0.05) is 0 Å². The minimum absolute atomic E-state index is 0.0791. The number of benzene rings is 2. The second-order valence-corrected chi connectivity index (χ2v) is 7.42. The highest BCUT2D eigenvalue weighted by Gasteiger charge is 2.17. The predicted octanol–water partition coefficient (Wildman–Crippen LogP) is 4.92. The van der Waals surface area contributed by atoms with Gasteiger partial charge in [0.15, 0.2) is 0 Å². The summed E-state index contributed by atoms with van der Waals surface area (Å²) in [4.78, 5) is 0.0791. The van der Waals surface area contributed by atoms with Crippen LogP contribution in [0.15, 0.2) is 47.4 Å². The predicted molar refractivity (Wildman–Crippen MR) is 87.8 cm³/mol. The van der Waals surface area contributed by atoms with Crippen LogP contribution in [0.25, 0.3) is 0 Å². The van der Waals surface area contributed by atoms with Crippen molar-refractivity contribution >= 4 is 38.9 Å². The van der Waals surface area contributed by atoms with Gasteiger partial charge in [0.25, 0.3) is 10.0 Å². The maximum absolute atomic E-state index is 12.4. The normalized spacial score (nSPS) is 11.7. The van der Waals surface area contributed by atoms with Gasteiger partial charge in [-0.2, -0.15) is 0 Å². The van der Waals surface area contributed by atoms with Crippen molar-refractivity contribution in [2.75, 3.05) is 4.72 Å². The van der Waals surface area contributed by atoms with E-state index >= 15 is 0 Å². The first-order valence-corrected chi connectivity index (χ1v) is 8.62. The van der Waals surface area contributed by atoms with E-state index in [1.807, 2.05) is 26.0 Å². The molecule has 0 heterocycles. The molecule has 0 amide bonds. The Morgan fingerprint density at radius 2 is 1.67 bits per heavy atom. The van der Waals surface area contributed by atoms with Crippen LogP contribution in [0, 0.1) is 0 Å². The van der Waals surface area contributed by atoms with Gasteiger partial charge in [-0.1, -0.05) is 55.2 Å². The van der Waals surface area contributed by atoms with E-state index in [9.17, 15) is 8.42 Å². The van der Waals surface area contributed by atoms with Crippen LogP contribution in [0.3, 0.4) is 0 Å². The Morgan fingerprint density at radius 1 is 1.00 bits per heavy atom. The van der Waals surface area contributed by atoms with Crippen molar-refractivity contribution in [1.29, 1.82) is 0 Å². The summed E-state index contributed by atoms with van der Waals surface area (Å²) in [6, 6.07) is 11.5. The van der Waals surface area contributed by atoms with E-state index in [4.69, 9.17) is 23.2 Å². The summed E-state index contributed by atoms with van der Waals surface area (Å²) >= 11 is 11.7. The molecule has 2 rings (SSSR count). The highest BCUT2D eigenvalue weighted by atomic mass is 35.5. The van der Waals surface area contributed by atoms with Crippen LogP contribution < -0.4 is 4.72 Å². The largest absolute Gasteiger partial charge is 0.279 e. The second kappa shape index (κ2) is 6.26. The van der Waals surface area contributed by atoms with Gasteiger partial charge in [0.2, 0.25) is 0 Å². The summed E-state index contributed by atoms with van der Waals surface area (Å²) in [5.41, 5.74) is 1.50. The van der Waals surface area contributed by atoms with E-state index in [0.29, 0.717) is 10.7 Å². The third-order valence-corrected chi connectivity index (χ3v) is 5.13. The molecular formula is C15H15Cl2NO2S. The lowest BCUT2D eigenvalue weighted by atomic mass is 10.0. The summed E-state index contributed by atoms with van der Waals surface area (Å²) in [7, 11) is -3.70. The van der Waals surface area contributed by atoms with Gasteiger partial charge in [-0.25, -0.2) is 8.42 Å². The molecule has 0 aliphatic carbocycles. The molecule has 0 radical (unpaired) electrons. The molecule has 2 aromatic rings. The fourth-order valence-electron chi connectivity index (χ4n) is 1.94. The van der Waals surface area contributed by atoms with E-state index in [1.54, 1.807) is 12.1 Å². The Bertz CT molecular complexity index is 758. The quantitative estimate of drug-likeness (QED) is 0.856. The van der Waals surface area contributed by atoms with Crippen LogP contribution >= 0.6 is 23.2 Å². The second-order valence-electron chi connectivity index (χ2n) is 4.92. The van der Waals surface area contributed by atoms with Crippen molar-refractivity contribution in [3.8, 4) is 0 Å². The third kappa shape index (κ3) is 3.70. The molecule has 112 valence electrons. The zero-order chi connectivity index (χ0) is 15.6. The Labute approximate surface area is 135 Å². The average molecular weight is 344 g/mol. The molecule has 0 aromatic heterocycles. The minimum Gasteiger partial charge on any atom is -0.279 e. The van der Waals surface area contributed by atoms with Crippen LogP contribution in [0.5, 0.6) is 0 Å². The molecular weight excluding hydrogens is 329 g/mol. The monoisotopic (exact) mass is 343 g/mol. The van der Waals surface area contributed by atoms with Crippen molar-refractivity contribution in [3.05, 3.63) is 58.1 Å². The smallest absolute Gasteiger partial charge is 0.261 e. The number of hydrogen-bond acceptors (Lipinski definition) is 2. The number of nitrogens with one attached hydrogen (secondary N) is 1. The van der Waals surface area contributed by atoms with E-state index < -0.39 is 10.0 Å². The molecule has 0 aliphatic rings. The molecule has 0 saturated heterocycles. The molecule has 0 bridgehead atoms. The van der Waals surface area contributed by atoms with Crippen molar-refractivity contribution in [2.45, 2.75) is 24.7 Å². The first-order valence-electron chi connectivity index (χ1n) is 6.38. The molecule has 0 spiro atoms. The van der Waals surface area contributed by atoms with Crippen molar-refractivity contribution < 1.29 is 8.42 Å². The number of rotatable bonds is 4. The summed E-state index contributed by atoms with van der Waals surface area (Å²) < 4.78 is 27.5. The van der Waals surface area contributed by atoms with Crippen LogP contribution in [0.2, 0.25) is 10.0 Å². The summed E-state index contributed by atoms with van der Waals surface area (Å²) in [6.07, 6.45) is 0. The SMILES string of the molecule is CC(C)c1ccccc1NS(=O)(=O)c1ccc(Cl)c(Cl)c1. The van der Waals surface area contributed by atoms with E-state index in [-0.39, 0.29) is 15.8 Å². The Morgan fingerprint density at radius 3 is 2.29 bits per heavy atom. The standard InChI is InChI=1S/C15H15Cl2NO2S/c1-10(2)12-5-3-4-6-15(12)18-21(19,20)11-7-8-13(16)14(17)9-11/h3-10,18H,1-2H3. The number of sulfonamides is 1. The molecule has 21 heavy (non-hydrogen) atoms. The molecule has 2 aromatic carbocycles. The lowest BCUT2D eigenvalue weighted by Gasteiger charge is -2.15. The van der Waals surface area contributed by atoms with E-state index in [2.05, 4.69) is 4.72 Å². The molecule has 0 atom stereocenters. The fourth-order valence-corrected chi connectivity index (χ4v) is 3.42. The molecule has 1 N–H and O–H groups in total. The van der Waals surface area contributed by atoms with Gasteiger partial charge in [0.05, 0.1) is 20.6 Å². The van der Waals surface area contributed by atoms with E-state index in [0.717, 1.165) is 5.56 Å². The van der Waals surface area contributed by atoms with Gasteiger partial charge >= 0.3 is 0 Å². The summed E-state index contributed by atoms with van der Waals surface area (Å²) in [5, 5.41) is 0.523. The molecule has 0 aliphatic heterocycles. The zero-order valence-corrected chi connectivity index (χ0v) is 13.9. The first-order chi connectivity index (χ1) is 9.81. The van der Waals surface area contributed by atoms with Gasteiger partial charge < -0.3 is 0 Å². The average Bonchev–Trinajstić information content (AvgIpc) is 2.41.